The molecule has 1 rings (SSSR count). The van der Waals surface area contributed by atoms with Crippen LogP contribution >= 0.6 is 44.3 Å². The van der Waals surface area contributed by atoms with Crippen molar-refractivity contribution in [1.29, 1.82) is 0 Å². The van der Waals surface area contributed by atoms with Gasteiger partial charge in [-0.1, -0.05) is 0 Å². The van der Waals surface area contributed by atoms with Gasteiger partial charge in [0, 0.05) is 10.5 Å². The Morgan fingerprint density at radius 3 is 2.33 bits per heavy atom. The van der Waals surface area contributed by atoms with Crippen LogP contribution in [0, 0.1) is 0 Å². The van der Waals surface area contributed by atoms with E-state index in [0.29, 0.717) is 10.2 Å². The van der Waals surface area contributed by atoms with Gasteiger partial charge >= 0.3 is 0 Å². The number of hydrogen-bond acceptors (Lipinski definition) is 3. The molecule has 0 saturated carbocycles. The zero-order valence-electron chi connectivity index (χ0n) is 8.25. The molecule has 1 aromatic carbocycles. The van der Waals surface area contributed by atoms with Gasteiger partial charge in [-0.2, -0.15) is 0 Å². The summed E-state index contributed by atoms with van der Waals surface area (Å²) in [6.45, 7) is 1.86. The quantitative estimate of drug-likeness (QED) is 0.849. The minimum Gasteiger partial charge on any atom is -0.503 e. The van der Waals surface area contributed by atoms with Crippen LogP contribution in [-0.2, 0) is 0 Å². The Hall–Kier alpha value is 0.0300. The molecule has 0 saturated heterocycles. The monoisotopic (exact) mass is 359 g/mol. The third-order valence-corrected chi connectivity index (χ3v) is 4.04. The van der Waals surface area contributed by atoms with Gasteiger partial charge in [-0.15, -0.1) is 12.4 Å². The van der Waals surface area contributed by atoms with E-state index in [-0.39, 0.29) is 24.2 Å². The Morgan fingerprint density at radius 1 is 1.40 bits per heavy atom. The summed E-state index contributed by atoms with van der Waals surface area (Å²) >= 11 is 6.61. The first-order valence-electron chi connectivity index (χ1n) is 3.99. The van der Waals surface area contributed by atoms with Crippen molar-refractivity contribution in [3.8, 4) is 11.5 Å². The number of halogens is 3. The SMILES string of the molecule is COc1cc([C@@H](C)N)c(Br)c(Br)c1O.Cl. The summed E-state index contributed by atoms with van der Waals surface area (Å²) in [6, 6.07) is 1.59. The maximum Gasteiger partial charge on any atom is 0.173 e. The highest BCUT2D eigenvalue weighted by atomic mass is 79.9. The van der Waals surface area contributed by atoms with Crippen LogP contribution in [0.15, 0.2) is 15.0 Å². The Balaban J connectivity index is 0.00000196. The molecular weight excluding hydrogens is 349 g/mol. The number of aromatic hydroxyl groups is 1. The van der Waals surface area contributed by atoms with Crippen molar-refractivity contribution < 1.29 is 9.84 Å². The number of phenols is 1. The second-order valence-corrected chi connectivity index (χ2v) is 4.52. The Bertz CT molecular complexity index is 358. The molecule has 0 aromatic heterocycles. The van der Waals surface area contributed by atoms with Gasteiger partial charge in [-0.25, -0.2) is 0 Å². The smallest absolute Gasteiger partial charge is 0.173 e. The molecule has 0 heterocycles. The molecule has 0 fully saturated rings. The fraction of sp³-hybridized carbons (Fsp3) is 0.333. The third-order valence-electron chi connectivity index (χ3n) is 1.88. The van der Waals surface area contributed by atoms with Crippen molar-refractivity contribution in [3.63, 3.8) is 0 Å². The summed E-state index contributed by atoms with van der Waals surface area (Å²) in [5.74, 6) is 0.483. The lowest BCUT2D eigenvalue weighted by Crippen LogP contribution is -2.06. The molecule has 0 unspecified atom stereocenters. The van der Waals surface area contributed by atoms with Crippen LogP contribution in [0.5, 0.6) is 11.5 Å². The Labute approximate surface area is 112 Å². The first-order chi connectivity index (χ1) is 6.49. The summed E-state index contributed by atoms with van der Waals surface area (Å²) in [4.78, 5) is 0. The van der Waals surface area contributed by atoms with Crippen LogP contribution < -0.4 is 10.5 Å². The van der Waals surface area contributed by atoms with E-state index in [1.54, 1.807) is 6.07 Å². The van der Waals surface area contributed by atoms with Crippen LogP contribution in [0.2, 0.25) is 0 Å². The second kappa shape index (κ2) is 5.94. The van der Waals surface area contributed by atoms with Gasteiger partial charge in [0.25, 0.3) is 0 Å². The maximum absolute atomic E-state index is 9.64. The number of rotatable bonds is 2. The molecule has 0 bridgehead atoms. The molecule has 3 N–H and O–H groups in total. The minimum absolute atomic E-state index is 0. The van der Waals surface area contributed by atoms with Gasteiger partial charge in [-0.05, 0) is 50.4 Å². The maximum atomic E-state index is 9.64. The van der Waals surface area contributed by atoms with E-state index in [0.717, 1.165) is 10.0 Å². The highest BCUT2D eigenvalue weighted by molar-refractivity contribution is 9.13. The fourth-order valence-corrected chi connectivity index (χ4v) is 2.19. The lowest BCUT2D eigenvalue weighted by Gasteiger charge is -2.14. The molecule has 15 heavy (non-hydrogen) atoms. The second-order valence-electron chi connectivity index (χ2n) is 2.93. The Morgan fingerprint density at radius 2 is 1.93 bits per heavy atom. The van der Waals surface area contributed by atoms with E-state index in [9.17, 15) is 5.11 Å². The normalized spacial score (nSPS) is 11.8. The van der Waals surface area contributed by atoms with E-state index in [2.05, 4.69) is 31.9 Å². The van der Waals surface area contributed by atoms with Crippen LogP contribution in [0.4, 0.5) is 0 Å². The largest absolute Gasteiger partial charge is 0.503 e. The molecule has 6 heteroatoms. The van der Waals surface area contributed by atoms with Crippen LogP contribution in [0.3, 0.4) is 0 Å². The van der Waals surface area contributed by atoms with Crippen LogP contribution in [0.25, 0.3) is 0 Å². The number of phenolic OH excluding ortho intramolecular Hbond substituents is 1. The average molecular weight is 361 g/mol. The van der Waals surface area contributed by atoms with Crippen molar-refractivity contribution in [2.45, 2.75) is 13.0 Å². The summed E-state index contributed by atoms with van der Waals surface area (Å²) in [5, 5.41) is 9.64. The molecule has 0 aliphatic heterocycles. The lowest BCUT2D eigenvalue weighted by atomic mass is 10.1. The van der Waals surface area contributed by atoms with Crippen molar-refractivity contribution in [2.24, 2.45) is 5.73 Å². The lowest BCUT2D eigenvalue weighted by molar-refractivity contribution is 0.370. The molecule has 0 aliphatic carbocycles. The van der Waals surface area contributed by atoms with E-state index in [1.807, 2.05) is 6.92 Å². The first-order valence-corrected chi connectivity index (χ1v) is 5.58. The summed E-state index contributed by atoms with van der Waals surface area (Å²) in [6.07, 6.45) is 0. The molecule has 3 nitrogen and oxygen atoms in total. The average Bonchev–Trinajstić information content (AvgIpc) is 2.14. The third kappa shape index (κ3) is 3.00. The number of hydrogen-bond donors (Lipinski definition) is 2. The van der Waals surface area contributed by atoms with E-state index >= 15 is 0 Å². The van der Waals surface area contributed by atoms with Crippen molar-refractivity contribution >= 4 is 44.3 Å². The standard InChI is InChI=1S/C9H11Br2NO2.ClH/c1-4(12)5-3-6(14-2)9(13)8(11)7(5)10;/h3-4,13H,12H2,1-2H3;1H/t4-;/m1./s1. The Kier molecular flexibility index (Phi) is 5.95. The molecule has 0 aliphatic rings. The minimum atomic E-state index is -0.129. The van der Waals surface area contributed by atoms with Crippen LogP contribution in [0.1, 0.15) is 18.5 Å². The van der Waals surface area contributed by atoms with Gasteiger partial charge < -0.3 is 15.6 Å². The van der Waals surface area contributed by atoms with E-state index in [4.69, 9.17) is 10.5 Å². The van der Waals surface area contributed by atoms with E-state index < -0.39 is 0 Å². The van der Waals surface area contributed by atoms with Crippen molar-refractivity contribution in [3.05, 3.63) is 20.6 Å². The molecule has 86 valence electrons. The molecule has 1 atom stereocenters. The molecular formula is C9H12Br2ClNO2. The number of nitrogens with two attached hydrogens (primary N) is 1. The van der Waals surface area contributed by atoms with Gasteiger partial charge in [0.2, 0.25) is 0 Å². The number of ether oxygens (including phenoxy) is 1. The summed E-state index contributed by atoms with van der Waals surface area (Å²) < 4.78 is 6.33. The molecule has 0 amide bonds. The van der Waals surface area contributed by atoms with E-state index in [1.165, 1.54) is 7.11 Å². The summed E-state index contributed by atoms with van der Waals surface area (Å²) in [5.41, 5.74) is 6.65. The zero-order valence-corrected chi connectivity index (χ0v) is 12.2. The predicted molar refractivity (Wildman–Crippen MR) is 69.9 cm³/mol. The summed E-state index contributed by atoms with van der Waals surface area (Å²) in [7, 11) is 1.50. The fourth-order valence-electron chi connectivity index (χ4n) is 1.10. The first kappa shape index (κ1) is 15.0. The van der Waals surface area contributed by atoms with Crippen molar-refractivity contribution in [1.82, 2.24) is 0 Å². The molecule has 1 aromatic rings. The number of methoxy groups -OCH3 is 1. The number of benzene rings is 1. The van der Waals surface area contributed by atoms with Gasteiger partial charge in [0.15, 0.2) is 11.5 Å². The topological polar surface area (TPSA) is 55.5 Å². The van der Waals surface area contributed by atoms with Gasteiger partial charge in [0.05, 0.1) is 11.6 Å². The molecule has 0 radical (unpaired) electrons. The predicted octanol–water partition coefficient (Wildman–Crippen LogP) is 3.37. The highest BCUT2D eigenvalue weighted by Gasteiger charge is 2.16. The highest BCUT2D eigenvalue weighted by Crippen LogP contribution is 2.42. The molecule has 0 spiro atoms. The van der Waals surface area contributed by atoms with Gasteiger partial charge in [0.1, 0.15) is 0 Å². The van der Waals surface area contributed by atoms with Crippen molar-refractivity contribution in [2.75, 3.05) is 7.11 Å². The van der Waals surface area contributed by atoms with Crippen LogP contribution in [-0.4, -0.2) is 12.2 Å². The zero-order chi connectivity index (χ0) is 10.9. The van der Waals surface area contributed by atoms with Gasteiger partial charge in [-0.3, -0.25) is 0 Å².